The minimum atomic E-state index is -0.239. The van der Waals surface area contributed by atoms with Gasteiger partial charge < -0.3 is 10.2 Å². The number of benzene rings is 1. The van der Waals surface area contributed by atoms with E-state index in [2.05, 4.69) is 10.3 Å². The van der Waals surface area contributed by atoms with Crippen molar-refractivity contribution in [2.75, 3.05) is 11.4 Å². The first-order valence-electron chi connectivity index (χ1n) is 7.18. The Labute approximate surface area is 140 Å². The van der Waals surface area contributed by atoms with Crippen LogP contribution in [0.15, 0.2) is 42.7 Å². The molecular formula is C17H18ClN3O2. The molecule has 6 heteroatoms. The first-order chi connectivity index (χ1) is 11.0. The summed E-state index contributed by atoms with van der Waals surface area (Å²) in [6.07, 6.45) is 3.33. The first-order valence-corrected chi connectivity index (χ1v) is 7.55. The molecule has 0 atom stereocenters. The molecular weight excluding hydrogens is 314 g/mol. The van der Waals surface area contributed by atoms with Crippen molar-refractivity contribution in [1.82, 2.24) is 10.3 Å². The van der Waals surface area contributed by atoms with E-state index in [1.807, 2.05) is 19.1 Å². The van der Waals surface area contributed by atoms with E-state index in [1.54, 1.807) is 30.6 Å². The number of aromatic nitrogens is 1. The summed E-state index contributed by atoms with van der Waals surface area (Å²) in [4.78, 5) is 29.4. The maximum absolute atomic E-state index is 12.1. The number of nitrogens with one attached hydrogen (secondary N) is 1. The highest BCUT2D eigenvalue weighted by Crippen LogP contribution is 2.26. The Balaban J connectivity index is 2.06. The maximum Gasteiger partial charge on any atom is 0.240 e. The third kappa shape index (κ3) is 4.53. The molecule has 1 heterocycles. The van der Waals surface area contributed by atoms with Crippen LogP contribution in [0.5, 0.6) is 0 Å². The van der Waals surface area contributed by atoms with Gasteiger partial charge in [0.2, 0.25) is 11.8 Å². The number of nitrogens with zero attached hydrogens (tertiary/aromatic N) is 2. The van der Waals surface area contributed by atoms with Crippen molar-refractivity contribution in [3.8, 4) is 0 Å². The van der Waals surface area contributed by atoms with Crippen LogP contribution in [0.4, 0.5) is 5.69 Å². The van der Waals surface area contributed by atoms with Crippen molar-refractivity contribution < 1.29 is 9.59 Å². The quantitative estimate of drug-likeness (QED) is 0.916. The molecule has 0 bridgehead atoms. The number of halogens is 1. The molecule has 0 fully saturated rings. The molecule has 1 aromatic carbocycles. The minimum Gasteiger partial charge on any atom is -0.350 e. The maximum atomic E-state index is 12.1. The summed E-state index contributed by atoms with van der Waals surface area (Å²) in [5, 5.41) is 3.36. The van der Waals surface area contributed by atoms with E-state index in [1.165, 1.54) is 11.8 Å². The van der Waals surface area contributed by atoms with Crippen molar-refractivity contribution in [2.24, 2.45) is 0 Å². The Bertz CT molecular complexity index is 704. The van der Waals surface area contributed by atoms with E-state index in [0.717, 1.165) is 11.1 Å². The van der Waals surface area contributed by atoms with Crippen LogP contribution in [0.3, 0.4) is 0 Å². The molecule has 2 amide bonds. The van der Waals surface area contributed by atoms with Gasteiger partial charge >= 0.3 is 0 Å². The summed E-state index contributed by atoms with van der Waals surface area (Å²) >= 11 is 6.10. The normalized spacial score (nSPS) is 10.2. The average molecular weight is 332 g/mol. The van der Waals surface area contributed by atoms with Gasteiger partial charge in [-0.3, -0.25) is 14.6 Å². The van der Waals surface area contributed by atoms with Crippen molar-refractivity contribution in [1.29, 1.82) is 0 Å². The van der Waals surface area contributed by atoms with E-state index in [-0.39, 0.29) is 18.4 Å². The van der Waals surface area contributed by atoms with Gasteiger partial charge in [0, 0.05) is 36.6 Å². The standard InChI is InChI=1S/C17H18ClN3O2/c1-12-15(18)4-3-5-16(12)21(13(2)22)11-17(23)20-10-14-6-8-19-9-7-14/h3-9H,10-11H2,1-2H3,(H,20,23). The largest absolute Gasteiger partial charge is 0.350 e. The number of amides is 2. The summed E-state index contributed by atoms with van der Waals surface area (Å²) in [7, 11) is 0. The van der Waals surface area contributed by atoms with Crippen LogP contribution in [-0.4, -0.2) is 23.3 Å². The summed E-state index contributed by atoms with van der Waals surface area (Å²) in [6, 6.07) is 8.94. The SMILES string of the molecule is CC(=O)N(CC(=O)NCc1ccncc1)c1cccc(Cl)c1C. The Morgan fingerprint density at radius 2 is 1.91 bits per heavy atom. The molecule has 2 aromatic rings. The number of pyridine rings is 1. The van der Waals surface area contributed by atoms with Crippen molar-refractivity contribution >= 4 is 29.1 Å². The molecule has 0 aliphatic heterocycles. The highest BCUT2D eigenvalue weighted by Gasteiger charge is 2.18. The Morgan fingerprint density at radius 1 is 1.22 bits per heavy atom. The van der Waals surface area contributed by atoms with Crippen LogP contribution < -0.4 is 10.2 Å². The molecule has 2 rings (SSSR count). The number of hydrogen-bond acceptors (Lipinski definition) is 3. The zero-order chi connectivity index (χ0) is 16.8. The van der Waals surface area contributed by atoms with Gasteiger partial charge in [0.25, 0.3) is 0 Å². The van der Waals surface area contributed by atoms with Gasteiger partial charge in [0.1, 0.15) is 6.54 Å². The van der Waals surface area contributed by atoms with Gasteiger partial charge in [-0.15, -0.1) is 0 Å². The summed E-state index contributed by atoms with van der Waals surface area (Å²) in [5.41, 5.74) is 2.36. The fourth-order valence-electron chi connectivity index (χ4n) is 2.16. The average Bonchev–Trinajstić information content (AvgIpc) is 2.54. The molecule has 0 saturated heterocycles. The zero-order valence-corrected chi connectivity index (χ0v) is 13.8. The molecule has 1 aromatic heterocycles. The second kappa shape index (κ2) is 7.74. The van der Waals surface area contributed by atoms with Crippen molar-refractivity contribution in [3.63, 3.8) is 0 Å². The second-order valence-electron chi connectivity index (χ2n) is 5.12. The lowest BCUT2D eigenvalue weighted by Crippen LogP contribution is -2.40. The highest BCUT2D eigenvalue weighted by molar-refractivity contribution is 6.31. The molecule has 120 valence electrons. The van der Waals surface area contributed by atoms with Gasteiger partial charge in [0.15, 0.2) is 0 Å². The van der Waals surface area contributed by atoms with Gasteiger partial charge in [-0.25, -0.2) is 0 Å². The molecule has 0 aliphatic rings. The fourth-order valence-corrected chi connectivity index (χ4v) is 2.32. The Hall–Kier alpha value is -2.40. The molecule has 23 heavy (non-hydrogen) atoms. The lowest BCUT2D eigenvalue weighted by atomic mass is 10.1. The Kier molecular flexibility index (Phi) is 5.71. The molecule has 5 nitrogen and oxygen atoms in total. The van der Waals surface area contributed by atoms with E-state index < -0.39 is 0 Å². The van der Waals surface area contributed by atoms with Crippen LogP contribution in [0.1, 0.15) is 18.1 Å². The third-order valence-corrected chi connectivity index (χ3v) is 3.86. The molecule has 0 spiro atoms. The van der Waals surface area contributed by atoms with Gasteiger partial charge in [-0.1, -0.05) is 17.7 Å². The first kappa shape index (κ1) is 17.0. The van der Waals surface area contributed by atoms with Crippen LogP contribution in [0, 0.1) is 6.92 Å². The lowest BCUT2D eigenvalue weighted by Gasteiger charge is -2.23. The zero-order valence-electron chi connectivity index (χ0n) is 13.0. The molecule has 0 aliphatic carbocycles. The van der Waals surface area contributed by atoms with E-state index in [0.29, 0.717) is 17.3 Å². The number of anilines is 1. The third-order valence-electron chi connectivity index (χ3n) is 3.45. The van der Waals surface area contributed by atoms with Crippen molar-refractivity contribution in [2.45, 2.75) is 20.4 Å². The number of hydrogen-bond donors (Lipinski definition) is 1. The number of carbonyl (C=O) groups is 2. The fraction of sp³-hybridized carbons (Fsp3) is 0.235. The monoisotopic (exact) mass is 331 g/mol. The van der Waals surface area contributed by atoms with E-state index >= 15 is 0 Å². The van der Waals surface area contributed by atoms with Gasteiger partial charge in [0.05, 0.1) is 0 Å². The van der Waals surface area contributed by atoms with E-state index in [4.69, 9.17) is 11.6 Å². The van der Waals surface area contributed by atoms with Crippen LogP contribution in [-0.2, 0) is 16.1 Å². The van der Waals surface area contributed by atoms with Gasteiger partial charge in [-0.2, -0.15) is 0 Å². The topological polar surface area (TPSA) is 62.3 Å². The molecule has 1 N–H and O–H groups in total. The van der Waals surface area contributed by atoms with Crippen LogP contribution in [0.25, 0.3) is 0 Å². The number of rotatable bonds is 5. The predicted molar refractivity (Wildman–Crippen MR) is 90.3 cm³/mol. The van der Waals surface area contributed by atoms with E-state index in [9.17, 15) is 9.59 Å². The molecule has 0 unspecified atom stereocenters. The second-order valence-corrected chi connectivity index (χ2v) is 5.53. The van der Waals surface area contributed by atoms with Crippen molar-refractivity contribution in [3.05, 3.63) is 58.9 Å². The molecule has 0 radical (unpaired) electrons. The summed E-state index contributed by atoms with van der Waals surface area (Å²) in [5.74, 6) is -0.453. The Morgan fingerprint density at radius 3 is 2.57 bits per heavy atom. The molecule has 0 saturated carbocycles. The lowest BCUT2D eigenvalue weighted by molar-refractivity contribution is -0.123. The smallest absolute Gasteiger partial charge is 0.240 e. The van der Waals surface area contributed by atoms with Crippen LogP contribution in [0.2, 0.25) is 5.02 Å². The highest BCUT2D eigenvalue weighted by atomic mass is 35.5. The minimum absolute atomic E-state index is 0.0540. The van der Waals surface area contributed by atoms with Crippen LogP contribution >= 0.6 is 11.6 Å². The summed E-state index contributed by atoms with van der Waals surface area (Å²) < 4.78 is 0. The predicted octanol–water partition coefficient (Wildman–Crippen LogP) is 2.71. The number of carbonyl (C=O) groups excluding carboxylic acids is 2. The van der Waals surface area contributed by atoms with Gasteiger partial charge in [-0.05, 0) is 42.3 Å². The summed E-state index contributed by atoms with van der Waals surface area (Å²) in [6.45, 7) is 3.59.